The number of rotatable bonds is 6. The molecule has 0 aliphatic heterocycles. The normalized spacial score (nSPS) is 14.8. The molecule has 0 aliphatic rings. The van der Waals surface area contributed by atoms with Crippen molar-refractivity contribution < 1.29 is 4.21 Å². The molecule has 0 saturated carbocycles. The van der Waals surface area contributed by atoms with Crippen LogP contribution in [0.1, 0.15) is 26.0 Å². The quantitative estimate of drug-likeness (QED) is 0.828. The Bertz CT molecular complexity index is 362. The summed E-state index contributed by atoms with van der Waals surface area (Å²) in [6.07, 6.45) is 4.68. The molecular weight excluding hydrogens is 222 g/mol. The molecule has 0 fully saturated rings. The maximum atomic E-state index is 11.0. The van der Waals surface area contributed by atoms with Crippen LogP contribution in [-0.2, 0) is 17.3 Å². The second-order valence-electron chi connectivity index (χ2n) is 4.10. The van der Waals surface area contributed by atoms with Crippen molar-refractivity contribution in [1.29, 1.82) is 0 Å². The lowest BCUT2D eigenvalue weighted by atomic mass is 10.3. The van der Waals surface area contributed by atoms with Crippen LogP contribution >= 0.6 is 0 Å². The molecule has 5 heteroatoms. The van der Waals surface area contributed by atoms with Crippen LogP contribution in [0.2, 0.25) is 0 Å². The lowest BCUT2D eigenvalue weighted by Gasteiger charge is -2.14. The molecule has 92 valence electrons. The first kappa shape index (κ1) is 13.2. The van der Waals surface area contributed by atoms with Crippen molar-refractivity contribution in [2.24, 2.45) is 0 Å². The second kappa shape index (κ2) is 6.03. The molecule has 1 N–H and O–H groups in total. The highest BCUT2D eigenvalue weighted by atomic mass is 32.2. The predicted molar refractivity (Wildman–Crippen MR) is 69.3 cm³/mol. The minimum Gasteiger partial charge on any atom is -0.353 e. The molecule has 16 heavy (non-hydrogen) atoms. The highest BCUT2D eigenvalue weighted by molar-refractivity contribution is 7.84. The third-order valence-corrected chi connectivity index (χ3v) is 3.26. The van der Waals surface area contributed by atoms with E-state index in [1.807, 2.05) is 13.1 Å². The van der Waals surface area contributed by atoms with Gasteiger partial charge in [-0.15, -0.1) is 0 Å². The number of aromatic nitrogens is 2. The van der Waals surface area contributed by atoms with Gasteiger partial charge in [0, 0.05) is 41.6 Å². The van der Waals surface area contributed by atoms with Gasteiger partial charge in [-0.05, 0) is 27.2 Å². The SMILES string of the molecule is CCn1cc(C)nc1NC(C)CCS(C)=O. The summed E-state index contributed by atoms with van der Waals surface area (Å²) in [6.45, 7) is 7.09. The average molecular weight is 243 g/mol. The van der Waals surface area contributed by atoms with Crippen LogP contribution in [0.25, 0.3) is 0 Å². The molecule has 0 saturated heterocycles. The van der Waals surface area contributed by atoms with Crippen LogP contribution in [0.5, 0.6) is 0 Å². The van der Waals surface area contributed by atoms with E-state index in [1.165, 1.54) is 0 Å². The summed E-state index contributed by atoms with van der Waals surface area (Å²) in [7, 11) is -0.713. The van der Waals surface area contributed by atoms with Gasteiger partial charge >= 0.3 is 0 Å². The molecule has 0 bridgehead atoms. The molecule has 1 rings (SSSR count). The van der Waals surface area contributed by atoms with E-state index < -0.39 is 10.8 Å². The van der Waals surface area contributed by atoms with Crippen molar-refractivity contribution in [2.45, 2.75) is 39.8 Å². The lowest BCUT2D eigenvalue weighted by molar-refractivity contribution is 0.674. The van der Waals surface area contributed by atoms with Crippen molar-refractivity contribution in [3.8, 4) is 0 Å². The molecule has 0 radical (unpaired) electrons. The van der Waals surface area contributed by atoms with E-state index in [4.69, 9.17) is 0 Å². The van der Waals surface area contributed by atoms with Crippen molar-refractivity contribution in [3.63, 3.8) is 0 Å². The Kier molecular flexibility index (Phi) is 4.99. The van der Waals surface area contributed by atoms with E-state index in [0.717, 1.165) is 30.4 Å². The van der Waals surface area contributed by atoms with Gasteiger partial charge in [0.05, 0.1) is 5.69 Å². The fourth-order valence-electron chi connectivity index (χ4n) is 1.54. The van der Waals surface area contributed by atoms with Crippen molar-refractivity contribution in [3.05, 3.63) is 11.9 Å². The summed E-state index contributed by atoms with van der Waals surface area (Å²) in [5.41, 5.74) is 1.02. The number of aryl methyl sites for hydroxylation is 2. The van der Waals surface area contributed by atoms with Gasteiger partial charge in [0.2, 0.25) is 5.95 Å². The van der Waals surface area contributed by atoms with Gasteiger partial charge in [-0.1, -0.05) is 0 Å². The Labute approximate surface area is 99.9 Å². The fraction of sp³-hybridized carbons (Fsp3) is 0.727. The van der Waals surface area contributed by atoms with E-state index in [2.05, 4.69) is 28.7 Å². The summed E-state index contributed by atoms with van der Waals surface area (Å²) >= 11 is 0. The Balaban J connectivity index is 2.54. The molecule has 1 heterocycles. The number of imidazole rings is 1. The molecule has 0 aliphatic carbocycles. The third-order valence-electron chi connectivity index (χ3n) is 2.45. The Morgan fingerprint density at radius 2 is 2.31 bits per heavy atom. The Morgan fingerprint density at radius 1 is 1.62 bits per heavy atom. The van der Waals surface area contributed by atoms with Gasteiger partial charge < -0.3 is 9.88 Å². The van der Waals surface area contributed by atoms with Crippen LogP contribution in [-0.4, -0.2) is 31.8 Å². The Hall–Kier alpha value is -0.840. The number of anilines is 1. The van der Waals surface area contributed by atoms with Crippen LogP contribution < -0.4 is 5.32 Å². The first-order valence-corrected chi connectivity index (χ1v) is 7.36. The van der Waals surface area contributed by atoms with Gasteiger partial charge in [0.25, 0.3) is 0 Å². The van der Waals surface area contributed by atoms with Crippen LogP contribution in [0.15, 0.2) is 6.20 Å². The summed E-state index contributed by atoms with van der Waals surface area (Å²) in [5.74, 6) is 1.65. The zero-order chi connectivity index (χ0) is 12.1. The first-order chi connectivity index (χ1) is 7.52. The standard InChI is InChI=1S/C11H21N3OS/c1-5-14-8-10(3)13-11(14)12-9(2)6-7-16(4)15/h8-9H,5-7H2,1-4H3,(H,12,13). The molecule has 0 aromatic carbocycles. The van der Waals surface area contributed by atoms with Crippen molar-refractivity contribution in [1.82, 2.24) is 9.55 Å². The largest absolute Gasteiger partial charge is 0.353 e. The number of nitrogens with one attached hydrogen (secondary N) is 1. The summed E-state index contributed by atoms with van der Waals surface area (Å²) in [4.78, 5) is 4.42. The Morgan fingerprint density at radius 3 is 2.88 bits per heavy atom. The molecule has 0 spiro atoms. The van der Waals surface area contributed by atoms with E-state index in [-0.39, 0.29) is 0 Å². The molecule has 4 nitrogen and oxygen atoms in total. The van der Waals surface area contributed by atoms with Gasteiger partial charge in [0.1, 0.15) is 0 Å². The average Bonchev–Trinajstić information content (AvgIpc) is 2.55. The van der Waals surface area contributed by atoms with Crippen LogP contribution in [0, 0.1) is 6.92 Å². The summed E-state index contributed by atoms with van der Waals surface area (Å²) < 4.78 is 13.1. The topological polar surface area (TPSA) is 46.9 Å². The molecule has 1 aromatic heterocycles. The van der Waals surface area contributed by atoms with Gasteiger partial charge in [0.15, 0.2) is 0 Å². The van der Waals surface area contributed by atoms with Crippen LogP contribution in [0.4, 0.5) is 5.95 Å². The van der Waals surface area contributed by atoms with Gasteiger partial charge in [-0.3, -0.25) is 4.21 Å². The maximum absolute atomic E-state index is 11.0. The molecule has 2 atom stereocenters. The first-order valence-electron chi connectivity index (χ1n) is 5.63. The van der Waals surface area contributed by atoms with E-state index in [1.54, 1.807) is 6.26 Å². The summed E-state index contributed by atoms with van der Waals surface area (Å²) in [6, 6.07) is 0.302. The minimum atomic E-state index is -0.713. The third kappa shape index (κ3) is 3.96. The number of hydrogen-bond acceptors (Lipinski definition) is 3. The molecule has 1 aromatic rings. The predicted octanol–water partition coefficient (Wildman–Crippen LogP) is 1.78. The highest BCUT2D eigenvalue weighted by Gasteiger charge is 2.08. The number of nitrogens with zero attached hydrogens (tertiary/aromatic N) is 2. The lowest BCUT2D eigenvalue weighted by Crippen LogP contribution is -2.20. The highest BCUT2D eigenvalue weighted by Crippen LogP contribution is 2.10. The number of hydrogen-bond donors (Lipinski definition) is 1. The second-order valence-corrected chi connectivity index (χ2v) is 5.66. The van der Waals surface area contributed by atoms with E-state index in [0.29, 0.717) is 6.04 Å². The monoisotopic (exact) mass is 243 g/mol. The summed E-state index contributed by atoms with van der Waals surface area (Å²) in [5, 5.41) is 3.36. The fourth-order valence-corrected chi connectivity index (χ4v) is 2.22. The molecule has 2 unspecified atom stereocenters. The van der Waals surface area contributed by atoms with Crippen LogP contribution in [0.3, 0.4) is 0 Å². The van der Waals surface area contributed by atoms with E-state index in [9.17, 15) is 4.21 Å². The zero-order valence-corrected chi connectivity index (χ0v) is 11.3. The minimum absolute atomic E-state index is 0.302. The zero-order valence-electron chi connectivity index (χ0n) is 10.5. The van der Waals surface area contributed by atoms with Gasteiger partial charge in [-0.25, -0.2) is 4.98 Å². The van der Waals surface area contributed by atoms with E-state index >= 15 is 0 Å². The maximum Gasteiger partial charge on any atom is 0.203 e. The van der Waals surface area contributed by atoms with Crippen molar-refractivity contribution in [2.75, 3.05) is 17.3 Å². The smallest absolute Gasteiger partial charge is 0.203 e. The molecule has 0 amide bonds. The molecular formula is C11H21N3OS. The van der Waals surface area contributed by atoms with Gasteiger partial charge in [-0.2, -0.15) is 0 Å². The van der Waals surface area contributed by atoms with Crippen molar-refractivity contribution >= 4 is 16.7 Å².